The van der Waals surface area contributed by atoms with Gasteiger partial charge in [0.1, 0.15) is 4.75 Å². The van der Waals surface area contributed by atoms with Gasteiger partial charge in [0.05, 0.1) is 17.9 Å². The molecule has 2 aliphatic rings. The van der Waals surface area contributed by atoms with E-state index >= 15 is 0 Å². The molecule has 0 bridgehead atoms. The van der Waals surface area contributed by atoms with Crippen molar-refractivity contribution in [1.82, 2.24) is 9.88 Å². The summed E-state index contributed by atoms with van der Waals surface area (Å²) in [6.45, 7) is 4.61. The fourth-order valence-electron chi connectivity index (χ4n) is 4.99. The van der Waals surface area contributed by atoms with Crippen molar-refractivity contribution >= 4 is 15.7 Å². The molecule has 5 nitrogen and oxygen atoms in total. The summed E-state index contributed by atoms with van der Waals surface area (Å²) in [6, 6.07) is 23.8. The second-order valence-corrected chi connectivity index (χ2v) is 10.7. The number of hydrogen-bond donors (Lipinski definition) is 0. The molecule has 1 saturated heterocycles. The van der Waals surface area contributed by atoms with Gasteiger partial charge in [-0.1, -0.05) is 54.6 Å². The third kappa shape index (κ3) is 3.44. The van der Waals surface area contributed by atoms with Crippen LogP contribution in [0.5, 0.6) is 0 Å². The Morgan fingerprint density at radius 2 is 1.58 bits per heavy atom. The zero-order valence-electron chi connectivity index (χ0n) is 17.7. The minimum Gasteiger partial charge on any atom is -0.297 e. The second kappa shape index (κ2) is 7.77. The molecule has 1 spiro atoms. The summed E-state index contributed by atoms with van der Waals surface area (Å²) >= 11 is 0. The first-order chi connectivity index (χ1) is 15.0. The van der Waals surface area contributed by atoms with Crippen LogP contribution in [0.15, 0.2) is 72.8 Å². The lowest BCUT2D eigenvalue weighted by Gasteiger charge is -2.39. The summed E-state index contributed by atoms with van der Waals surface area (Å²) in [6.07, 6.45) is 1.20. The topological polar surface area (TPSA) is 53.5 Å². The van der Waals surface area contributed by atoms with E-state index in [0.29, 0.717) is 19.4 Å². The van der Waals surface area contributed by atoms with E-state index in [-0.39, 0.29) is 0 Å². The smallest absolute Gasteiger partial charge is 0.245 e. The predicted molar refractivity (Wildman–Crippen MR) is 123 cm³/mol. The Kier molecular flexibility index (Phi) is 5.07. The highest BCUT2D eigenvalue weighted by atomic mass is 32.2. The number of nitrogens with zero attached hydrogens (tertiary/aromatic N) is 3. The summed E-state index contributed by atoms with van der Waals surface area (Å²) in [5.41, 5.74) is 4.84. The van der Waals surface area contributed by atoms with Crippen LogP contribution in [-0.4, -0.2) is 31.4 Å². The fourth-order valence-corrected chi connectivity index (χ4v) is 7.30. The van der Waals surface area contributed by atoms with E-state index in [1.165, 1.54) is 0 Å². The first-order valence-electron chi connectivity index (χ1n) is 10.8. The van der Waals surface area contributed by atoms with Gasteiger partial charge in [-0.2, -0.15) is 0 Å². The molecule has 31 heavy (non-hydrogen) atoms. The van der Waals surface area contributed by atoms with Crippen LogP contribution in [0.3, 0.4) is 0 Å². The highest BCUT2D eigenvalue weighted by Gasteiger charge is 2.56. The number of hydrogen-bond acceptors (Lipinski definition) is 4. The van der Waals surface area contributed by atoms with Gasteiger partial charge >= 0.3 is 0 Å². The number of piperidine rings is 1. The molecule has 0 saturated carbocycles. The van der Waals surface area contributed by atoms with Gasteiger partial charge in [0, 0.05) is 25.3 Å². The fraction of sp³-hybridized carbons (Fsp3) is 0.320. The van der Waals surface area contributed by atoms with Crippen LogP contribution in [0, 0.1) is 6.92 Å². The maximum absolute atomic E-state index is 13.9. The largest absolute Gasteiger partial charge is 0.297 e. The maximum Gasteiger partial charge on any atom is 0.245 e. The van der Waals surface area contributed by atoms with Crippen molar-refractivity contribution in [2.24, 2.45) is 0 Å². The van der Waals surface area contributed by atoms with E-state index in [2.05, 4.69) is 9.88 Å². The summed E-state index contributed by atoms with van der Waals surface area (Å²) in [7, 11) is -3.52. The molecule has 2 aromatic carbocycles. The molecule has 3 heterocycles. The van der Waals surface area contributed by atoms with Crippen molar-refractivity contribution in [3.05, 3.63) is 95.3 Å². The molecule has 5 rings (SSSR count). The number of anilines is 1. The van der Waals surface area contributed by atoms with Crippen LogP contribution in [-0.2, 0) is 27.9 Å². The lowest BCUT2D eigenvalue weighted by atomic mass is 9.87. The Bertz CT molecular complexity index is 1190. The van der Waals surface area contributed by atoms with Crippen LogP contribution in [0.2, 0.25) is 0 Å². The van der Waals surface area contributed by atoms with Gasteiger partial charge in [0.2, 0.25) is 10.0 Å². The Morgan fingerprint density at radius 3 is 2.32 bits per heavy atom. The number of fused-ring (bicyclic) bond motifs is 2. The highest BCUT2D eigenvalue weighted by molar-refractivity contribution is 7.94. The molecule has 0 amide bonds. The summed E-state index contributed by atoms with van der Waals surface area (Å²) < 4.78 is 28.7. The molecular formula is C25H27N3O2S. The quantitative estimate of drug-likeness (QED) is 0.618. The molecule has 0 aliphatic carbocycles. The minimum absolute atomic E-state index is 0.374. The van der Waals surface area contributed by atoms with Crippen LogP contribution >= 0.6 is 0 Å². The lowest BCUT2D eigenvalue weighted by Crippen LogP contribution is -2.48. The number of benzene rings is 2. The molecule has 0 unspecified atom stereocenters. The van der Waals surface area contributed by atoms with Crippen LogP contribution in [0.25, 0.3) is 0 Å². The van der Waals surface area contributed by atoms with E-state index in [9.17, 15) is 8.42 Å². The van der Waals surface area contributed by atoms with Crippen molar-refractivity contribution in [1.29, 1.82) is 0 Å². The number of para-hydroxylation sites is 1. The molecule has 6 heteroatoms. The van der Waals surface area contributed by atoms with Gasteiger partial charge in [-0.3, -0.25) is 14.2 Å². The van der Waals surface area contributed by atoms with E-state index in [0.717, 1.165) is 47.8 Å². The van der Waals surface area contributed by atoms with E-state index < -0.39 is 14.8 Å². The van der Waals surface area contributed by atoms with Crippen LogP contribution in [0.4, 0.5) is 5.69 Å². The third-order valence-electron chi connectivity index (χ3n) is 6.61. The number of rotatable bonds is 4. The normalized spacial score (nSPS) is 19.5. The zero-order chi connectivity index (χ0) is 21.5. The minimum atomic E-state index is -3.52. The Labute approximate surface area is 184 Å². The number of pyridine rings is 1. The van der Waals surface area contributed by atoms with E-state index in [4.69, 9.17) is 0 Å². The Hall–Kier alpha value is -2.70. The maximum atomic E-state index is 13.9. The third-order valence-corrected chi connectivity index (χ3v) is 9.13. The summed E-state index contributed by atoms with van der Waals surface area (Å²) in [4.78, 5) is 6.94. The van der Waals surface area contributed by atoms with Crippen molar-refractivity contribution in [2.75, 3.05) is 17.4 Å². The van der Waals surface area contributed by atoms with Crippen molar-refractivity contribution in [3.8, 4) is 0 Å². The molecular weight excluding hydrogens is 406 g/mol. The van der Waals surface area contributed by atoms with Gasteiger partial charge in [-0.25, -0.2) is 8.42 Å². The molecule has 3 aromatic rings. The average Bonchev–Trinajstić information content (AvgIpc) is 2.95. The number of aryl methyl sites for hydroxylation is 1. The summed E-state index contributed by atoms with van der Waals surface area (Å²) in [5.74, 6) is 0. The average molecular weight is 434 g/mol. The molecule has 0 N–H and O–H groups in total. The number of likely N-dealkylation sites (tertiary alicyclic amines) is 1. The highest BCUT2D eigenvalue weighted by Crippen LogP contribution is 2.53. The van der Waals surface area contributed by atoms with Crippen LogP contribution < -0.4 is 4.31 Å². The summed E-state index contributed by atoms with van der Waals surface area (Å²) in [5, 5.41) is 0. The van der Waals surface area contributed by atoms with Crippen molar-refractivity contribution in [3.63, 3.8) is 0 Å². The second-order valence-electron chi connectivity index (χ2n) is 8.56. The van der Waals surface area contributed by atoms with E-state index in [1.54, 1.807) is 4.31 Å². The SMILES string of the molecule is Cc1cccc(CN2CCC3(CC2)c2ccccc2N(Cc2ccccc2)S3(=O)=O)n1. The molecule has 0 atom stereocenters. The predicted octanol–water partition coefficient (Wildman–Crippen LogP) is 4.23. The lowest BCUT2D eigenvalue weighted by molar-refractivity contribution is 0.187. The molecule has 0 radical (unpaired) electrons. The molecule has 160 valence electrons. The van der Waals surface area contributed by atoms with Gasteiger partial charge in [0.25, 0.3) is 0 Å². The first-order valence-corrected chi connectivity index (χ1v) is 12.2. The Morgan fingerprint density at radius 1 is 0.871 bits per heavy atom. The molecule has 1 aromatic heterocycles. The van der Waals surface area contributed by atoms with E-state index in [1.807, 2.05) is 79.7 Å². The molecule has 2 aliphatic heterocycles. The zero-order valence-corrected chi connectivity index (χ0v) is 18.6. The number of aromatic nitrogens is 1. The monoisotopic (exact) mass is 433 g/mol. The van der Waals surface area contributed by atoms with Crippen LogP contribution in [0.1, 0.15) is 35.4 Å². The first kappa shape index (κ1) is 20.2. The van der Waals surface area contributed by atoms with Gasteiger partial charge in [-0.05, 0) is 49.1 Å². The number of sulfonamides is 1. The van der Waals surface area contributed by atoms with Crippen molar-refractivity contribution < 1.29 is 8.42 Å². The molecule has 1 fully saturated rings. The Balaban J connectivity index is 1.43. The van der Waals surface area contributed by atoms with Gasteiger partial charge in [0.15, 0.2) is 0 Å². The van der Waals surface area contributed by atoms with Gasteiger partial charge in [-0.15, -0.1) is 0 Å². The standard InChI is InChI=1S/C25H27N3O2S/c1-20-8-7-11-22(26-20)19-27-16-14-25(15-17-27)23-12-5-6-13-24(23)28(31(25,29)30)18-21-9-3-2-4-10-21/h2-13H,14-19H2,1H3. The van der Waals surface area contributed by atoms with Gasteiger partial charge < -0.3 is 0 Å². The van der Waals surface area contributed by atoms with Crippen molar-refractivity contribution in [2.45, 2.75) is 37.6 Å².